The number of anilines is 1. The topological polar surface area (TPSA) is 70.6 Å². The van der Waals surface area contributed by atoms with E-state index in [1.807, 2.05) is 26.0 Å². The highest BCUT2D eigenvalue weighted by molar-refractivity contribution is 7.90. The SMILES string of the molecule is CC1(C)c2cc(Cl)ccc2C(=O)N1c1cncc(C2CCN(S(=O)(=O)C3CC3)C2)c1. The molecule has 1 atom stereocenters. The third kappa shape index (κ3) is 3.06. The molecular weight excluding hydrogens is 422 g/mol. The number of aromatic nitrogens is 1. The molecule has 158 valence electrons. The van der Waals surface area contributed by atoms with Gasteiger partial charge in [0.15, 0.2) is 0 Å². The lowest BCUT2D eigenvalue weighted by Crippen LogP contribution is -2.39. The maximum Gasteiger partial charge on any atom is 0.259 e. The molecule has 0 N–H and O–H groups in total. The predicted molar refractivity (Wildman–Crippen MR) is 116 cm³/mol. The van der Waals surface area contributed by atoms with Crippen molar-refractivity contribution >= 4 is 33.2 Å². The van der Waals surface area contributed by atoms with Gasteiger partial charge < -0.3 is 0 Å². The van der Waals surface area contributed by atoms with Gasteiger partial charge in [0.25, 0.3) is 5.91 Å². The normalized spacial score (nSPS) is 23.8. The first-order valence-electron chi connectivity index (χ1n) is 10.3. The number of carbonyl (C=O) groups is 1. The second-order valence-corrected chi connectivity index (χ2v) is 11.6. The lowest BCUT2D eigenvalue weighted by atomic mass is 9.93. The minimum Gasteiger partial charge on any atom is -0.297 e. The van der Waals surface area contributed by atoms with Crippen LogP contribution >= 0.6 is 11.6 Å². The highest BCUT2D eigenvalue weighted by Gasteiger charge is 2.45. The van der Waals surface area contributed by atoms with E-state index < -0.39 is 15.6 Å². The van der Waals surface area contributed by atoms with Crippen LogP contribution in [0.1, 0.15) is 60.5 Å². The van der Waals surface area contributed by atoms with Gasteiger partial charge in [-0.1, -0.05) is 11.6 Å². The highest BCUT2D eigenvalue weighted by atomic mass is 35.5. The average Bonchev–Trinajstić information content (AvgIpc) is 3.41. The van der Waals surface area contributed by atoms with Gasteiger partial charge in [-0.15, -0.1) is 0 Å². The molecule has 0 radical (unpaired) electrons. The Kier molecular flexibility index (Phi) is 4.51. The minimum atomic E-state index is -3.16. The molecule has 0 bridgehead atoms. The molecule has 1 saturated heterocycles. The van der Waals surface area contributed by atoms with Gasteiger partial charge >= 0.3 is 0 Å². The summed E-state index contributed by atoms with van der Waals surface area (Å²) in [6.45, 7) is 5.03. The number of carbonyl (C=O) groups excluding carboxylic acids is 1. The highest BCUT2D eigenvalue weighted by Crippen LogP contribution is 2.43. The van der Waals surface area contributed by atoms with Crippen LogP contribution in [0.4, 0.5) is 5.69 Å². The fourth-order valence-electron chi connectivity index (χ4n) is 4.74. The van der Waals surface area contributed by atoms with Crippen molar-refractivity contribution in [3.63, 3.8) is 0 Å². The van der Waals surface area contributed by atoms with Gasteiger partial charge in [0, 0.05) is 35.8 Å². The Balaban J connectivity index is 1.44. The van der Waals surface area contributed by atoms with Crippen LogP contribution in [-0.2, 0) is 15.6 Å². The summed E-state index contributed by atoms with van der Waals surface area (Å²) in [5.74, 6) is 0.0126. The largest absolute Gasteiger partial charge is 0.297 e. The standard InChI is InChI=1S/C22H24ClN3O3S/c1-22(2)20-10-16(23)3-6-19(20)21(27)26(22)17-9-15(11-24-12-17)14-7-8-25(13-14)30(28,29)18-4-5-18/h3,6,9-12,14,18H,4-5,7-8,13H2,1-2H3. The number of halogens is 1. The van der Waals surface area contributed by atoms with Crippen LogP contribution in [0.15, 0.2) is 36.7 Å². The van der Waals surface area contributed by atoms with Crippen LogP contribution < -0.4 is 4.90 Å². The second kappa shape index (κ2) is 6.77. The third-order valence-corrected chi connectivity index (χ3v) is 9.16. The van der Waals surface area contributed by atoms with Crippen molar-refractivity contribution in [3.05, 3.63) is 58.4 Å². The van der Waals surface area contributed by atoms with Crippen LogP contribution in [0.5, 0.6) is 0 Å². The van der Waals surface area contributed by atoms with Crippen LogP contribution in [0, 0.1) is 0 Å². The average molecular weight is 446 g/mol. The number of benzene rings is 1. The van der Waals surface area contributed by atoms with E-state index in [-0.39, 0.29) is 17.1 Å². The zero-order valence-electron chi connectivity index (χ0n) is 17.0. The molecule has 1 aromatic carbocycles. The molecule has 0 spiro atoms. The van der Waals surface area contributed by atoms with E-state index in [1.54, 1.807) is 33.7 Å². The molecule has 30 heavy (non-hydrogen) atoms. The van der Waals surface area contributed by atoms with E-state index in [2.05, 4.69) is 4.98 Å². The summed E-state index contributed by atoms with van der Waals surface area (Å²) in [5, 5.41) is 0.417. The molecule has 1 amide bonds. The Morgan fingerprint density at radius 1 is 1.13 bits per heavy atom. The first kappa shape index (κ1) is 20.0. The van der Waals surface area contributed by atoms with Gasteiger partial charge in [0.1, 0.15) is 0 Å². The van der Waals surface area contributed by atoms with Crippen molar-refractivity contribution < 1.29 is 13.2 Å². The van der Waals surface area contributed by atoms with Crippen molar-refractivity contribution in [2.75, 3.05) is 18.0 Å². The number of fused-ring (bicyclic) bond motifs is 1. The molecule has 2 aliphatic heterocycles. The molecule has 1 aromatic heterocycles. The maximum atomic E-state index is 13.2. The minimum absolute atomic E-state index is 0.0741. The van der Waals surface area contributed by atoms with Crippen molar-refractivity contribution in [1.29, 1.82) is 0 Å². The molecule has 1 unspecified atom stereocenters. The lowest BCUT2D eigenvalue weighted by molar-refractivity contribution is 0.0982. The van der Waals surface area contributed by atoms with Crippen molar-refractivity contribution in [2.45, 2.75) is 49.8 Å². The maximum absolute atomic E-state index is 13.2. The van der Waals surface area contributed by atoms with Gasteiger partial charge in [-0.3, -0.25) is 14.7 Å². The zero-order valence-corrected chi connectivity index (χ0v) is 18.6. The Labute approximate surface area is 181 Å². The number of pyridine rings is 1. The number of rotatable bonds is 4. The quantitative estimate of drug-likeness (QED) is 0.715. The van der Waals surface area contributed by atoms with Crippen LogP contribution in [0.25, 0.3) is 0 Å². The van der Waals surface area contributed by atoms with Gasteiger partial charge in [-0.2, -0.15) is 0 Å². The van der Waals surface area contributed by atoms with Crippen LogP contribution in [-0.4, -0.2) is 42.0 Å². The Morgan fingerprint density at radius 2 is 1.90 bits per heavy atom. The van der Waals surface area contributed by atoms with Crippen LogP contribution in [0.3, 0.4) is 0 Å². The van der Waals surface area contributed by atoms with E-state index in [9.17, 15) is 13.2 Å². The van der Waals surface area contributed by atoms with Gasteiger partial charge in [-0.05, 0) is 68.5 Å². The van der Waals surface area contributed by atoms with Gasteiger partial charge in [0.05, 0.1) is 22.7 Å². The first-order valence-corrected chi connectivity index (χ1v) is 12.2. The number of amides is 1. The molecule has 1 saturated carbocycles. The van der Waals surface area contributed by atoms with E-state index in [4.69, 9.17) is 11.6 Å². The summed E-state index contributed by atoms with van der Waals surface area (Å²) in [6, 6.07) is 7.35. The lowest BCUT2D eigenvalue weighted by Gasteiger charge is -2.32. The van der Waals surface area contributed by atoms with Crippen molar-refractivity contribution in [1.82, 2.24) is 9.29 Å². The second-order valence-electron chi connectivity index (χ2n) is 8.95. The summed E-state index contributed by atoms with van der Waals surface area (Å²) in [7, 11) is -3.16. The van der Waals surface area contributed by atoms with E-state index in [1.165, 1.54) is 0 Å². The monoisotopic (exact) mass is 445 g/mol. The smallest absolute Gasteiger partial charge is 0.259 e. The van der Waals surface area contributed by atoms with E-state index in [0.29, 0.717) is 23.7 Å². The van der Waals surface area contributed by atoms with Crippen molar-refractivity contribution in [2.24, 2.45) is 0 Å². The molecular formula is C22H24ClN3O3S. The summed E-state index contributed by atoms with van der Waals surface area (Å²) >= 11 is 6.18. The zero-order chi connectivity index (χ0) is 21.3. The molecule has 5 rings (SSSR count). The van der Waals surface area contributed by atoms with Crippen molar-refractivity contribution in [3.8, 4) is 0 Å². The number of sulfonamides is 1. The van der Waals surface area contributed by atoms with Gasteiger partial charge in [-0.25, -0.2) is 12.7 Å². The van der Waals surface area contributed by atoms with Crippen LogP contribution in [0.2, 0.25) is 5.02 Å². The summed E-state index contributed by atoms with van der Waals surface area (Å²) in [6.07, 6.45) is 5.81. The fourth-order valence-corrected chi connectivity index (χ4v) is 6.82. The molecule has 3 aliphatic rings. The third-order valence-electron chi connectivity index (χ3n) is 6.56. The summed E-state index contributed by atoms with van der Waals surface area (Å²) in [4.78, 5) is 19.4. The van der Waals surface area contributed by atoms with E-state index in [0.717, 1.165) is 36.1 Å². The summed E-state index contributed by atoms with van der Waals surface area (Å²) in [5.41, 5.74) is 2.68. The Morgan fingerprint density at radius 3 is 2.63 bits per heavy atom. The molecule has 2 fully saturated rings. The fraction of sp³-hybridized carbons (Fsp3) is 0.455. The first-order chi connectivity index (χ1) is 14.2. The number of hydrogen-bond donors (Lipinski definition) is 0. The Hall–Kier alpha value is -1.96. The predicted octanol–water partition coefficient (Wildman–Crippen LogP) is 3.91. The molecule has 1 aliphatic carbocycles. The van der Waals surface area contributed by atoms with E-state index >= 15 is 0 Å². The molecule has 8 heteroatoms. The molecule has 3 heterocycles. The summed E-state index contributed by atoms with van der Waals surface area (Å²) < 4.78 is 26.8. The van der Waals surface area contributed by atoms with Gasteiger partial charge in [0.2, 0.25) is 10.0 Å². The molecule has 2 aromatic rings. The number of nitrogens with zero attached hydrogens (tertiary/aromatic N) is 3. The number of hydrogen-bond acceptors (Lipinski definition) is 4. The Bertz CT molecular complexity index is 1140. The molecule has 6 nitrogen and oxygen atoms in total.